The monoisotopic (exact) mass is 295 g/mol. The first kappa shape index (κ1) is 17.1. The second-order valence-corrected chi connectivity index (χ2v) is 5.11. The van der Waals surface area contributed by atoms with Gasteiger partial charge in [0, 0.05) is 12.6 Å². The SMILES string of the molecule is Cc1ccc(C(O)C(CC(=O)O)NCCC(=O)O)c(C)c1. The molecule has 116 valence electrons. The second kappa shape index (κ2) is 7.75. The first-order valence-corrected chi connectivity index (χ1v) is 6.73. The van der Waals surface area contributed by atoms with Crippen LogP contribution in [0.15, 0.2) is 18.2 Å². The van der Waals surface area contributed by atoms with Gasteiger partial charge in [-0.2, -0.15) is 0 Å². The van der Waals surface area contributed by atoms with Crippen molar-refractivity contribution < 1.29 is 24.9 Å². The Morgan fingerprint density at radius 2 is 1.86 bits per heavy atom. The molecular formula is C15H21NO5. The van der Waals surface area contributed by atoms with Gasteiger partial charge in [0.2, 0.25) is 0 Å². The summed E-state index contributed by atoms with van der Waals surface area (Å²) in [6.45, 7) is 3.89. The van der Waals surface area contributed by atoms with E-state index in [1.165, 1.54) is 0 Å². The molecule has 0 radical (unpaired) electrons. The van der Waals surface area contributed by atoms with Crippen molar-refractivity contribution in [3.05, 3.63) is 34.9 Å². The van der Waals surface area contributed by atoms with Gasteiger partial charge in [-0.1, -0.05) is 23.8 Å². The van der Waals surface area contributed by atoms with Crippen molar-refractivity contribution in [1.82, 2.24) is 5.32 Å². The standard InChI is InChI=1S/C15H21NO5/c1-9-3-4-11(10(2)7-9)15(21)12(8-14(19)20)16-6-5-13(17)18/h3-4,7,12,15-16,21H,5-6,8H2,1-2H3,(H,17,18)(H,19,20). The molecule has 1 aromatic rings. The van der Waals surface area contributed by atoms with Crippen LogP contribution in [-0.4, -0.2) is 39.8 Å². The van der Waals surface area contributed by atoms with E-state index in [0.717, 1.165) is 11.1 Å². The fourth-order valence-corrected chi connectivity index (χ4v) is 2.22. The molecule has 1 aromatic carbocycles. The third-order valence-corrected chi connectivity index (χ3v) is 3.27. The zero-order chi connectivity index (χ0) is 16.0. The van der Waals surface area contributed by atoms with Gasteiger partial charge in [-0.25, -0.2) is 0 Å². The minimum atomic E-state index is -1.05. The highest BCUT2D eigenvalue weighted by molar-refractivity contribution is 5.68. The number of hydrogen-bond acceptors (Lipinski definition) is 4. The van der Waals surface area contributed by atoms with Crippen LogP contribution in [0.4, 0.5) is 0 Å². The van der Waals surface area contributed by atoms with Crippen LogP contribution in [0.1, 0.15) is 35.6 Å². The smallest absolute Gasteiger partial charge is 0.305 e. The van der Waals surface area contributed by atoms with Crippen molar-refractivity contribution in [2.75, 3.05) is 6.54 Å². The highest BCUT2D eigenvalue weighted by atomic mass is 16.4. The molecule has 0 spiro atoms. The Bertz CT molecular complexity index is 515. The normalized spacial score (nSPS) is 13.7. The Kier molecular flexibility index (Phi) is 6.33. The van der Waals surface area contributed by atoms with Crippen molar-refractivity contribution in [2.24, 2.45) is 0 Å². The predicted molar refractivity (Wildman–Crippen MR) is 77.2 cm³/mol. The summed E-state index contributed by atoms with van der Waals surface area (Å²) >= 11 is 0. The van der Waals surface area contributed by atoms with E-state index < -0.39 is 24.1 Å². The van der Waals surface area contributed by atoms with E-state index in [9.17, 15) is 14.7 Å². The van der Waals surface area contributed by atoms with Crippen LogP contribution in [0, 0.1) is 13.8 Å². The van der Waals surface area contributed by atoms with Gasteiger partial charge in [0.1, 0.15) is 0 Å². The number of aliphatic carboxylic acids is 2. The highest BCUT2D eigenvalue weighted by Crippen LogP contribution is 2.23. The molecule has 0 aliphatic rings. The van der Waals surface area contributed by atoms with E-state index in [-0.39, 0.29) is 19.4 Å². The lowest BCUT2D eigenvalue weighted by Gasteiger charge is -2.24. The summed E-state index contributed by atoms with van der Waals surface area (Å²) in [5.74, 6) is -2.02. The number of carboxylic acids is 2. The van der Waals surface area contributed by atoms with Gasteiger partial charge in [-0.05, 0) is 25.0 Å². The zero-order valence-electron chi connectivity index (χ0n) is 12.2. The molecule has 21 heavy (non-hydrogen) atoms. The van der Waals surface area contributed by atoms with Crippen LogP contribution < -0.4 is 5.32 Å². The van der Waals surface area contributed by atoms with Crippen molar-refractivity contribution in [1.29, 1.82) is 0 Å². The number of rotatable bonds is 8. The Hall–Kier alpha value is -1.92. The van der Waals surface area contributed by atoms with Crippen molar-refractivity contribution >= 4 is 11.9 Å². The van der Waals surface area contributed by atoms with Gasteiger partial charge < -0.3 is 20.6 Å². The van der Waals surface area contributed by atoms with E-state index in [1.54, 1.807) is 6.07 Å². The summed E-state index contributed by atoms with van der Waals surface area (Å²) in [5, 5.41) is 30.8. The number of aliphatic hydroxyl groups excluding tert-OH is 1. The molecule has 0 saturated carbocycles. The Morgan fingerprint density at radius 1 is 1.19 bits per heavy atom. The minimum Gasteiger partial charge on any atom is -0.481 e. The summed E-state index contributed by atoms with van der Waals surface area (Å²) in [6, 6.07) is 4.79. The number of benzene rings is 1. The third kappa shape index (κ3) is 5.53. The molecular weight excluding hydrogens is 274 g/mol. The molecule has 2 unspecified atom stereocenters. The van der Waals surface area contributed by atoms with Gasteiger partial charge >= 0.3 is 11.9 Å². The summed E-state index contributed by atoms with van der Waals surface area (Å²) in [6.07, 6.45) is -1.42. The quantitative estimate of drug-likeness (QED) is 0.575. The summed E-state index contributed by atoms with van der Waals surface area (Å²) in [4.78, 5) is 21.4. The van der Waals surface area contributed by atoms with E-state index in [0.29, 0.717) is 5.56 Å². The fraction of sp³-hybridized carbons (Fsp3) is 0.467. The largest absolute Gasteiger partial charge is 0.481 e. The Balaban J connectivity index is 2.84. The first-order valence-electron chi connectivity index (χ1n) is 6.73. The maximum Gasteiger partial charge on any atom is 0.305 e. The lowest BCUT2D eigenvalue weighted by molar-refractivity contribution is -0.138. The van der Waals surface area contributed by atoms with E-state index >= 15 is 0 Å². The number of carboxylic acid groups (broad SMARTS) is 2. The predicted octanol–water partition coefficient (Wildman–Crippen LogP) is 1.24. The number of hydrogen-bond donors (Lipinski definition) is 4. The van der Waals surface area contributed by atoms with E-state index in [1.807, 2.05) is 26.0 Å². The molecule has 0 saturated heterocycles. The third-order valence-electron chi connectivity index (χ3n) is 3.27. The lowest BCUT2D eigenvalue weighted by atomic mass is 9.94. The van der Waals surface area contributed by atoms with Gasteiger partial charge in [0.15, 0.2) is 0 Å². The summed E-state index contributed by atoms with van der Waals surface area (Å²) in [5.41, 5.74) is 2.57. The molecule has 6 nitrogen and oxygen atoms in total. The average molecular weight is 295 g/mol. The first-order chi connectivity index (χ1) is 9.81. The average Bonchev–Trinajstić information content (AvgIpc) is 2.36. The molecule has 1 rings (SSSR count). The maximum atomic E-state index is 10.9. The van der Waals surface area contributed by atoms with E-state index in [4.69, 9.17) is 10.2 Å². The Morgan fingerprint density at radius 3 is 2.38 bits per heavy atom. The highest BCUT2D eigenvalue weighted by Gasteiger charge is 2.24. The molecule has 4 N–H and O–H groups in total. The van der Waals surface area contributed by atoms with Crippen LogP contribution in [0.5, 0.6) is 0 Å². The molecule has 0 fully saturated rings. The summed E-state index contributed by atoms with van der Waals surface area (Å²) < 4.78 is 0. The molecule has 2 atom stereocenters. The van der Waals surface area contributed by atoms with Gasteiger partial charge in [-0.3, -0.25) is 9.59 Å². The second-order valence-electron chi connectivity index (χ2n) is 5.11. The van der Waals surface area contributed by atoms with Crippen LogP contribution in [-0.2, 0) is 9.59 Å². The van der Waals surface area contributed by atoms with Crippen LogP contribution in [0.3, 0.4) is 0 Å². The Labute approximate surface area is 123 Å². The molecule has 6 heteroatoms. The zero-order valence-corrected chi connectivity index (χ0v) is 12.2. The molecule has 0 aromatic heterocycles. The number of nitrogens with one attached hydrogen (secondary N) is 1. The molecule has 0 heterocycles. The lowest BCUT2D eigenvalue weighted by Crippen LogP contribution is -2.38. The van der Waals surface area contributed by atoms with Crippen molar-refractivity contribution in [3.63, 3.8) is 0 Å². The van der Waals surface area contributed by atoms with E-state index in [2.05, 4.69) is 5.32 Å². The van der Waals surface area contributed by atoms with Crippen LogP contribution in [0.25, 0.3) is 0 Å². The maximum absolute atomic E-state index is 10.9. The number of aliphatic hydroxyl groups is 1. The van der Waals surface area contributed by atoms with Crippen LogP contribution in [0.2, 0.25) is 0 Å². The van der Waals surface area contributed by atoms with Gasteiger partial charge in [-0.15, -0.1) is 0 Å². The molecule has 0 bridgehead atoms. The molecule has 0 aliphatic carbocycles. The van der Waals surface area contributed by atoms with Crippen molar-refractivity contribution in [3.8, 4) is 0 Å². The van der Waals surface area contributed by atoms with Gasteiger partial charge in [0.05, 0.1) is 18.9 Å². The number of aryl methyl sites for hydroxylation is 2. The van der Waals surface area contributed by atoms with Crippen LogP contribution >= 0.6 is 0 Å². The van der Waals surface area contributed by atoms with Gasteiger partial charge in [0.25, 0.3) is 0 Å². The molecule has 0 amide bonds. The van der Waals surface area contributed by atoms with Crippen molar-refractivity contribution in [2.45, 2.75) is 38.8 Å². The molecule has 0 aliphatic heterocycles. The topological polar surface area (TPSA) is 107 Å². The fourth-order valence-electron chi connectivity index (χ4n) is 2.22. The summed E-state index contributed by atoms with van der Waals surface area (Å²) in [7, 11) is 0. The minimum absolute atomic E-state index is 0.106. The number of carbonyl (C=O) groups is 2.